The van der Waals surface area contributed by atoms with Crippen molar-refractivity contribution in [3.8, 4) is 0 Å². The highest BCUT2D eigenvalue weighted by atomic mass is 32.1. The number of carbonyl (C=O) groups is 2. The molecule has 1 aromatic carbocycles. The van der Waals surface area contributed by atoms with Gasteiger partial charge < -0.3 is 4.74 Å². The van der Waals surface area contributed by atoms with Crippen molar-refractivity contribution in [2.45, 2.75) is 6.61 Å². The van der Waals surface area contributed by atoms with Gasteiger partial charge in [0.05, 0.1) is 16.0 Å². The minimum Gasteiger partial charge on any atom is -0.454 e. The highest BCUT2D eigenvalue weighted by Gasteiger charge is 2.21. The SMILES string of the molecule is Cn1c(=O)c2sccc2n2c(COC(=O)c3ccccc3C(=O)c3cccs3)nnc12. The molecule has 0 aliphatic rings. The Morgan fingerprint density at radius 1 is 1.00 bits per heavy atom. The van der Waals surface area contributed by atoms with E-state index in [9.17, 15) is 14.4 Å². The first-order valence-electron chi connectivity index (χ1n) is 9.21. The molecule has 10 heteroatoms. The minimum absolute atomic E-state index is 0.158. The molecule has 5 aromatic rings. The number of aromatic nitrogens is 4. The van der Waals surface area contributed by atoms with Gasteiger partial charge in [-0.3, -0.25) is 18.6 Å². The molecule has 0 aliphatic heterocycles. The van der Waals surface area contributed by atoms with Crippen LogP contribution in [-0.4, -0.2) is 30.9 Å². The summed E-state index contributed by atoms with van der Waals surface area (Å²) < 4.78 is 9.16. The van der Waals surface area contributed by atoms with Gasteiger partial charge in [-0.25, -0.2) is 4.79 Å². The van der Waals surface area contributed by atoms with E-state index in [2.05, 4.69) is 10.2 Å². The van der Waals surface area contributed by atoms with Crippen LogP contribution in [0.3, 0.4) is 0 Å². The number of benzene rings is 1. The fraction of sp³-hybridized carbons (Fsp3) is 0.0952. The molecule has 0 saturated heterocycles. The predicted molar refractivity (Wildman–Crippen MR) is 117 cm³/mol. The fourth-order valence-corrected chi connectivity index (χ4v) is 4.88. The summed E-state index contributed by atoms with van der Waals surface area (Å²) >= 11 is 2.64. The highest BCUT2D eigenvalue weighted by Crippen LogP contribution is 2.21. The molecule has 0 spiro atoms. The first kappa shape index (κ1) is 19.3. The van der Waals surface area contributed by atoms with Crippen molar-refractivity contribution in [1.29, 1.82) is 0 Å². The summed E-state index contributed by atoms with van der Waals surface area (Å²) in [5, 5.41) is 11.8. The van der Waals surface area contributed by atoms with Gasteiger partial charge in [0.25, 0.3) is 5.56 Å². The Labute approximate surface area is 183 Å². The summed E-state index contributed by atoms with van der Waals surface area (Å²) in [5.41, 5.74) is 0.966. The average molecular weight is 451 g/mol. The van der Waals surface area contributed by atoms with Gasteiger partial charge in [0.2, 0.25) is 11.6 Å². The van der Waals surface area contributed by atoms with E-state index in [0.29, 0.717) is 26.7 Å². The van der Waals surface area contributed by atoms with Crippen molar-refractivity contribution in [2.24, 2.45) is 7.05 Å². The number of ether oxygens (including phenoxy) is 1. The normalized spacial score (nSPS) is 11.3. The van der Waals surface area contributed by atoms with Crippen LogP contribution < -0.4 is 5.56 Å². The maximum atomic E-state index is 12.8. The van der Waals surface area contributed by atoms with Gasteiger partial charge in [-0.05, 0) is 29.0 Å². The van der Waals surface area contributed by atoms with E-state index < -0.39 is 5.97 Å². The van der Waals surface area contributed by atoms with E-state index in [0.717, 1.165) is 0 Å². The third kappa shape index (κ3) is 3.16. The molecule has 0 bridgehead atoms. The summed E-state index contributed by atoms with van der Waals surface area (Å²) in [6, 6.07) is 11.9. The zero-order valence-corrected chi connectivity index (χ0v) is 17.8. The lowest BCUT2D eigenvalue weighted by Gasteiger charge is -2.09. The van der Waals surface area contributed by atoms with E-state index in [4.69, 9.17) is 4.74 Å². The van der Waals surface area contributed by atoms with Crippen molar-refractivity contribution in [3.05, 3.63) is 85.4 Å². The number of thiophene rings is 2. The van der Waals surface area contributed by atoms with Crippen molar-refractivity contribution >= 4 is 50.4 Å². The van der Waals surface area contributed by atoms with Crippen LogP contribution >= 0.6 is 22.7 Å². The van der Waals surface area contributed by atoms with E-state index in [1.807, 2.05) is 10.8 Å². The number of fused-ring (bicyclic) bond motifs is 3. The topological polar surface area (TPSA) is 95.6 Å². The molecule has 8 nitrogen and oxygen atoms in total. The summed E-state index contributed by atoms with van der Waals surface area (Å²) in [6.45, 7) is -0.162. The van der Waals surface area contributed by atoms with Gasteiger partial charge in [-0.2, -0.15) is 0 Å². The van der Waals surface area contributed by atoms with E-state index in [1.54, 1.807) is 53.9 Å². The molecule has 0 N–H and O–H groups in total. The summed E-state index contributed by atoms with van der Waals surface area (Å²) in [4.78, 5) is 38.6. The Bertz CT molecular complexity index is 1510. The molecule has 0 aliphatic carbocycles. The molecule has 5 rings (SSSR count). The zero-order valence-electron chi connectivity index (χ0n) is 16.1. The van der Waals surface area contributed by atoms with Gasteiger partial charge in [0, 0.05) is 12.6 Å². The molecule has 0 unspecified atom stereocenters. The number of nitrogens with zero attached hydrogens (tertiary/aromatic N) is 4. The second kappa shape index (κ2) is 7.56. The second-order valence-corrected chi connectivity index (χ2v) is 8.54. The predicted octanol–water partition coefficient (Wildman–Crippen LogP) is 3.29. The molecule has 0 fully saturated rings. The second-order valence-electron chi connectivity index (χ2n) is 6.68. The smallest absolute Gasteiger partial charge is 0.339 e. The number of carbonyl (C=O) groups excluding carboxylic acids is 2. The lowest BCUT2D eigenvalue weighted by molar-refractivity contribution is 0.0459. The average Bonchev–Trinajstić information content (AvgIpc) is 3.55. The number of ketones is 1. The lowest BCUT2D eigenvalue weighted by Crippen LogP contribution is -2.19. The van der Waals surface area contributed by atoms with E-state index in [1.165, 1.54) is 27.2 Å². The van der Waals surface area contributed by atoms with E-state index in [-0.39, 0.29) is 29.1 Å². The summed E-state index contributed by atoms with van der Waals surface area (Å²) in [5.74, 6) is -0.131. The summed E-state index contributed by atoms with van der Waals surface area (Å²) in [6.07, 6.45) is 0. The fourth-order valence-electron chi connectivity index (χ4n) is 3.35. The maximum absolute atomic E-state index is 12.8. The van der Waals surface area contributed by atoms with Gasteiger partial charge in [0.1, 0.15) is 4.70 Å². The van der Waals surface area contributed by atoms with Crippen molar-refractivity contribution in [3.63, 3.8) is 0 Å². The van der Waals surface area contributed by atoms with Crippen molar-refractivity contribution in [1.82, 2.24) is 19.2 Å². The highest BCUT2D eigenvalue weighted by molar-refractivity contribution is 7.17. The molecule has 154 valence electrons. The van der Waals surface area contributed by atoms with Crippen molar-refractivity contribution in [2.75, 3.05) is 0 Å². The molecule has 0 radical (unpaired) electrons. The molecular formula is C21H14N4O4S2. The molecule has 0 amide bonds. The van der Waals surface area contributed by atoms with Gasteiger partial charge in [0.15, 0.2) is 12.4 Å². The van der Waals surface area contributed by atoms with Crippen LogP contribution in [0.5, 0.6) is 0 Å². The van der Waals surface area contributed by atoms with Crippen LogP contribution in [0.2, 0.25) is 0 Å². The number of hydrogen-bond donors (Lipinski definition) is 0. The van der Waals surface area contributed by atoms with Crippen LogP contribution in [0, 0.1) is 0 Å². The van der Waals surface area contributed by atoms with Crippen LogP contribution in [-0.2, 0) is 18.4 Å². The van der Waals surface area contributed by atoms with E-state index >= 15 is 0 Å². The number of hydrogen-bond acceptors (Lipinski definition) is 8. The zero-order chi connectivity index (χ0) is 21.5. The Morgan fingerprint density at radius 3 is 2.58 bits per heavy atom. The van der Waals surface area contributed by atoms with Gasteiger partial charge in [-0.1, -0.05) is 24.3 Å². The number of esters is 1. The largest absolute Gasteiger partial charge is 0.454 e. The lowest BCUT2D eigenvalue weighted by atomic mass is 10.0. The van der Waals surface area contributed by atoms with Crippen LogP contribution in [0.4, 0.5) is 0 Å². The van der Waals surface area contributed by atoms with Gasteiger partial charge in [-0.15, -0.1) is 32.9 Å². The molecule has 0 saturated carbocycles. The van der Waals surface area contributed by atoms with Gasteiger partial charge >= 0.3 is 5.97 Å². The standard InChI is InChI=1S/C21H14N4O4S2/c1-24-19(27)18-14(8-10-31-18)25-16(22-23-21(24)25)11-29-20(28)13-6-3-2-5-12(13)17(26)15-7-4-9-30-15/h2-10H,11H2,1H3. The Hall–Kier alpha value is -3.63. The maximum Gasteiger partial charge on any atom is 0.339 e. The Morgan fingerprint density at radius 2 is 1.81 bits per heavy atom. The molecule has 31 heavy (non-hydrogen) atoms. The molecular weight excluding hydrogens is 436 g/mol. The third-order valence-corrected chi connectivity index (χ3v) is 6.63. The Kier molecular flexibility index (Phi) is 4.72. The molecule has 0 atom stereocenters. The van der Waals surface area contributed by atoms with Crippen LogP contribution in [0.15, 0.2) is 58.0 Å². The first-order valence-corrected chi connectivity index (χ1v) is 11.0. The molecule has 4 heterocycles. The number of aryl methyl sites for hydroxylation is 1. The third-order valence-electron chi connectivity index (χ3n) is 4.87. The van der Waals surface area contributed by atoms with Crippen molar-refractivity contribution < 1.29 is 14.3 Å². The Balaban J connectivity index is 1.47. The monoisotopic (exact) mass is 450 g/mol. The first-order chi connectivity index (χ1) is 15.1. The minimum atomic E-state index is -0.636. The number of rotatable bonds is 5. The summed E-state index contributed by atoms with van der Waals surface area (Å²) in [7, 11) is 1.62. The van der Waals surface area contributed by atoms with Crippen LogP contribution in [0.1, 0.15) is 31.4 Å². The van der Waals surface area contributed by atoms with Crippen LogP contribution in [0.25, 0.3) is 16.0 Å². The molecule has 4 aromatic heterocycles. The quantitative estimate of drug-likeness (QED) is 0.301.